The highest BCUT2D eigenvalue weighted by Gasteiger charge is 2.20. The minimum absolute atomic E-state index is 0.176. The van der Waals surface area contributed by atoms with Crippen LogP contribution in [0, 0.1) is 17.8 Å². The van der Waals surface area contributed by atoms with Crippen molar-refractivity contribution in [3.63, 3.8) is 0 Å². The molecule has 0 fully saturated rings. The molecule has 0 aliphatic rings. The van der Waals surface area contributed by atoms with E-state index < -0.39 is 7.37 Å². The third-order valence-electron chi connectivity index (χ3n) is 1.92. The van der Waals surface area contributed by atoms with E-state index in [0.717, 1.165) is 6.42 Å². The summed E-state index contributed by atoms with van der Waals surface area (Å²) in [5.41, 5.74) is -0.176. The highest BCUT2D eigenvalue weighted by Crippen LogP contribution is 2.44. The van der Waals surface area contributed by atoms with Crippen LogP contribution in [0.4, 0.5) is 0 Å². The first-order chi connectivity index (χ1) is 5.33. The molecule has 0 N–H and O–H groups in total. The first kappa shape index (κ1) is 11.8. The SMILES string of the molecule is C#CC(C)(C)CCP(C)(=O)OC. The van der Waals surface area contributed by atoms with Crippen LogP contribution < -0.4 is 0 Å². The Morgan fingerprint density at radius 2 is 2.08 bits per heavy atom. The molecular weight excluding hydrogens is 171 g/mol. The molecule has 0 aliphatic heterocycles. The molecule has 2 nitrogen and oxygen atoms in total. The average Bonchev–Trinajstić information content (AvgIpc) is 2.02. The lowest BCUT2D eigenvalue weighted by atomic mass is 9.92. The summed E-state index contributed by atoms with van der Waals surface area (Å²) >= 11 is 0. The Morgan fingerprint density at radius 3 is 2.42 bits per heavy atom. The van der Waals surface area contributed by atoms with Crippen LogP contribution in [-0.4, -0.2) is 19.9 Å². The van der Waals surface area contributed by atoms with E-state index >= 15 is 0 Å². The van der Waals surface area contributed by atoms with Crippen molar-refractivity contribution in [2.24, 2.45) is 5.41 Å². The largest absolute Gasteiger partial charge is 0.332 e. The molecule has 70 valence electrons. The maximum Gasteiger partial charge on any atom is 0.199 e. The summed E-state index contributed by atoms with van der Waals surface area (Å²) in [6.07, 6.45) is 6.59. The zero-order valence-corrected chi connectivity index (χ0v) is 9.15. The molecule has 0 aromatic carbocycles. The van der Waals surface area contributed by atoms with Crippen LogP contribution in [0.1, 0.15) is 20.3 Å². The van der Waals surface area contributed by atoms with Crippen LogP contribution in [0.5, 0.6) is 0 Å². The second-order valence-electron chi connectivity index (χ2n) is 3.70. The van der Waals surface area contributed by atoms with Crippen molar-refractivity contribution in [2.45, 2.75) is 20.3 Å². The van der Waals surface area contributed by atoms with Crippen molar-refractivity contribution >= 4 is 7.37 Å². The molecule has 3 heteroatoms. The van der Waals surface area contributed by atoms with Crippen molar-refractivity contribution in [1.29, 1.82) is 0 Å². The van der Waals surface area contributed by atoms with Gasteiger partial charge in [-0.15, -0.1) is 12.3 Å². The van der Waals surface area contributed by atoms with Gasteiger partial charge in [0.15, 0.2) is 7.37 Å². The summed E-state index contributed by atoms with van der Waals surface area (Å²) < 4.78 is 16.3. The van der Waals surface area contributed by atoms with E-state index in [1.54, 1.807) is 6.66 Å². The van der Waals surface area contributed by atoms with Gasteiger partial charge < -0.3 is 4.52 Å². The molecule has 0 amide bonds. The molecule has 1 unspecified atom stereocenters. The molecule has 0 bridgehead atoms. The molecule has 0 aromatic heterocycles. The normalized spacial score (nSPS) is 16.6. The standard InChI is InChI=1S/C9H17O2P/c1-6-9(2,3)7-8-12(5,10)11-4/h1H,7-8H2,2-5H3. The van der Waals surface area contributed by atoms with E-state index in [-0.39, 0.29) is 5.41 Å². The van der Waals surface area contributed by atoms with E-state index in [1.165, 1.54) is 7.11 Å². The summed E-state index contributed by atoms with van der Waals surface area (Å²) in [7, 11) is -0.903. The van der Waals surface area contributed by atoms with Gasteiger partial charge in [0.05, 0.1) is 0 Å². The lowest BCUT2D eigenvalue weighted by Gasteiger charge is -2.19. The Bertz CT molecular complexity index is 225. The summed E-state index contributed by atoms with van der Waals surface area (Å²) in [4.78, 5) is 0. The molecule has 0 saturated carbocycles. The van der Waals surface area contributed by atoms with Gasteiger partial charge in [-0.3, -0.25) is 4.57 Å². The summed E-state index contributed by atoms with van der Waals surface area (Å²) in [6.45, 7) is 5.56. The van der Waals surface area contributed by atoms with Gasteiger partial charge in [-0.25, -0.2) is 0 Å². The predicted octanol–water partition coefficient (Wildman–Crippen LogP) is 2.59. The third-order valence-corrected chi connectivity index (χ3v) is 3.73. The van der Waals surface area contributed by atoms with Gasteiger partial charge in [0.2, 0.25) is 0 Å². The van der Waals surface area contributed by atoms with Crippen LogP contribution in [-0.2, 0) is 9.09 Å². The van der Waals surface area contributed by atoms with Crippen molar-refractivity contribution in [3.8, 4) is 12.3 Å². The van der Waals surface area contributed by atoms with Crippen molar-refractivity contribution in [1.82, 2.24) is 0 Å². The van der Waals surface area contributed by atoms with E-state index in [4.69, 9.17) is 10.9 Å². The highest BCUT2D eigenvalue weighted by molar-refractivity contribution is 7.58. The van der Waals surface area contributed by atoms with Crippen LogP contribution in [0.2, 0.25) is 0 Å². The van der Waals surface area contributed by atoms with Crippen molar-refractivity contribution in [2.75, 3.05) is 19.9 Å². The number of hydrogen-bond donors (Lipinski definition) is 0. The van der Waals surface area contributed by atoms with Gasteiger partial charge in [0.1, 0.15) is 0 Å². The zero-order chi connectivity index (χ0) is 9.83. The van der Waals surface area contributed by atoms with Crippen LogP contribution in [0.25, 0.3) is 0 Å². The Kier molecular flexibility index (Phi) is 4.03. The number of terminal acetylenes is 1. The van der Waals surface area contributed by atoms with Crippen LogP contribution in [0.3, 0.4) is 0 Å². The zero-order valence-electron chi connectivity index (χ0n) is 8.26. The van der Waals surface area contributed by atoms with Crippen molar-refractivity contribution < 1.29 is 9.09 Å². The summed E-state index contributed by atoms with van der Waals surface area (Å²) in [5, 5.41) is 0. The van der Waals surface area contributed by atoms with Gasteiger partial charge in [-0.1, -0.05) is 0 Å². The first-order valence-electron chi connectivity index (χ1n) is 3.93. The fourth-order valence-corrected chi connectivity index (χ4v) is 1.79. The summed E-state index contributed by atoms with van der Waals surface area (Å²) in [6, 6.07) is 0. The van der Waals surface area contributed by atoms with E-state index in [2.05, 4.69) is 5.92 Å². The topological polar surface area (TPSA) is 26.3 Å². The molecular formula is C9H17O2P. The van der Waals surface area contributed by atoms with Crippen LogP contribution >= 0.6 is 7.37 Å². The monoisotopic (exact) mass is 188 g/mol. The molecule has 0 heterocycles. The molecule has 0 radical (unpaired) electrons. The molecule has 0 rings (SSSR count). The molecule has 0 aromatic rings. The Balaban J connectivity index is 4.02. The second-order valence-corrected chi connectivity index (χ2v) is 6.54. The van der Waals surface area contributed by atoms with E-state index in [1.807, 2.05) is 13.8 Å². The quantitative estimate of drug-likeness (QED) is 0.500. The lowest BCUT2D eigenvalue weighted by Crippen LogP contribution is -2.10. The predicted molar refractivity (Wildman–Crippen MR) is 52.6 cm³/mol. The average molecular weight is 188 g/mol. The molecule has 0 spiro atoms. The minimum Gasteiger partial charge on any atom is -0.332 e. The van der Waals surface area contributed by atoms with Gasteiger partial charge in [-0.05, 0) is 20.3 Å². The molecule has 0 aliphatic carbocycles. The summed E-state index contributed by atoms with van der Waals surface area (Å²) in [5.74, 6) is 2.66. The van der Waals surface area contributed by atoms with Crippen LogP contribution in [0.15, 0.2) is 0 Å². The maximum atomic E-state index is 11.5. The Hall–Kier alpha value is -0.250. The molecule has 12 heavy (non-hydrogen) atoms. The van der Waals surface area contributed by atoms with Gasteiger partial charge in [-0.2, -0.15) is 0 Å². The van der Waals surface area contributed by atoms with E-state index in [9.17, 15) is 4.57 Å². The highest BCUT2D eigenvalue weighted by atomic mass is 31.2. The fraction of sp³-hybridized carbons (Fsp3) is 0.778. The third kappa shape index (κ3) is 4.59. The fourth-order valence-electron chi connectivity index (χ4n) is 0.646. The first-order valence-corrected chi connectivity index (χ1v) is 6.19. The molecule has 1 atom stereocenters. The van der Waals surface area contributed by atoms with Gasteiger partial charge in [0.25, 0.3) is 0 Å². The number of hydrogen-bond acceptors (Lipinski definition) is 2. The maximum absolute atomic E-state index is 11.5. The molecule has 0 saturated heterocycles. The minimum atomic E-state index is -2.38. The Labute approximate surface area is 75.1 Å². The van der Waals surface area contributed by atoms with Gasteiger partial charge in [0, 0.05) is 25.4 Å². The van der Waals surface area contributed by atoms with Crippen molar-refractivity contribution in [3.05, 3.63) is 0 Å². The second kappa shape index (κ2) is 4.12. The Morgan fingerprint density at radius 1 is 1.58 bits per heavy atom. The van der Waals surface area contributed by atoms with Gasteiger partial charge >= 0.3 is 0 Å². The smallest absolute Gasteiger partial charge is 0.199 e. The van der Waals surface area contributed by atoms with E-state index in [0.29, 0.717) is 6.16 Å². The lowest BCUT2D eigenvalue weighted by molar-refractivity contribution is 0.387. The number of rotatable bonds is 4.